The molecule has 0 aromatic heterocycles. The van der Waals surface area contributed by atoms with Gasteiger partial charge in [-0.2, -0.15) is 0 Å². The number of para-hydroxylation sites is 1. The maximum Gasteiger partial charge on any atom is 0.256 e. The maximum atomic E-state index is 11.3. The molecule has 1 heterocycles. The molecule has 0 aliphatic carbocycles. The summed E-state index contributed by atoms with van der Waals surface area (Å²) in [5.74, 6) is -0.340. The number of amides is 1. The highest BCUT2D eigenvalue weighted by Gasteiger charge is 2.30. The van der Waals surface area contributed by atoms with Gasteiger partial charge in [0.25, 0.3) is 5.91 Å². The second kappa shape index (κ2) is 4.22. The quantitative estimate of drug-likeness (QED) is 0.854. The van der Waals surface area contributed by atoms with Crippen molar-refractivity contribution in [2.45, 2.75) is 19.2 Å². The minimum absolute atomic E-state index is 0.213. The van der Waals surface area contributed by atoms with Crippen LogP contribution < -0.4 is 10.6 Å². The minimum Gasteiger partial charge on any atom is -0.365 e. The molecular weight excluding hydrogens is 220 g/mol. The van der Waals surface area contributed by atoms with E-state index < -0.39 is 0 Å². The number of carbonyl (C=O) groups excluding carboxylic acids is 1. The Labute approximate surface area is 99.3 Å². The molecule has 16 heavy (non-hydrogen) atoms. The number of anilines is 1. The first-order valence-corrected chi connectivity index (χ1v) is 6.01. The van der Waals surface area contributed by atoms with Crippen molar-refractivity contribution in [2.24, 2.45) is 5.73 Å². The topological polar surface area (TPSA) is 46.3 Å². The molecule has 1 amide bonds. The smallest absolute Gasteiger partial charge is 0.256 e. The van der Waals surface area contributed by atoms with Gasteiger partial charge in [0.05, 0.1) is 10.3 Å². The second-order valence-corrected chi connectivity index (χ2v) is 5.03. The monoisotopic (exact) mass is 234 g/mol. The molecule has 0 bridgehead atoms. The molecule has 2 N–H and O–H groups in total. The number of carbonyl (C=O) groups is 1. The van der Waals surface area contributed by atoms with Gasteiger partial charge in [-0.3, -0.25) is 4.79 Å². The molecule has 1 aromatic carbocycles. The fourth-order valence-electron chi connectivity index (χ4n) is 1.92. The van der Waals surface area contributed by atoms with Crippen LogP contribution in [0.1, 0.15) is 13.8 Å². The number of hydrogen-bond donors (Lipinski definition) is 1. The molecule has 2 rings (SSSR count). The van der Waals surface area contributed by atoms with Crippen LogP contribution in [0.4, 0.5) is 5.69 Å². The molecule has 1 aliphatic heterocycles. The van der Waals surface area contributed by atoms with Gasteiger partial charge in [0.1, 0.15) is 0 Å². The molecule has 1 aliphatic rings. The first-order chi connectivity index (χ1) is 7.61. The molecule has 0 spiro atoms. The van der Waals surface area contributed by atoms with E-state index in [1.807, 2.05) is 37.3 Å². The highest BCUT2D eigenvalue weighted by atomic mass is 32.2. The molecule has 4 heteroatoms. The summed E-state index contributed by atoms with van der Waals surface area (Å²) in [5.41, 5.74) is 7.38. The van der Waals surface area contributed by atoms with Crippen molar-refractivity contribution in [1.29, 1.82) is 0 Å². The van der Waals surface area contributed by atoms with E-state index in [1.165, 1.54) is 11.8 Å². The van der Waals surface area contributed by atoms with Crippen LogP contribution in [-0.2, 0) is 4.79 Å². The summed E-state index contributed by atoms with van der Waals surface area (Å²) in [5, 5.41) is 0.213. The zero-order valence-electron chi connectivity index (χ0n) is 9.31. The van der Waals surface area contributed by atoms with E-state index in [4.69, 9.17) is 5.73 Å². The van der Waals surface area contributed by atoms with Gasteiger partial charge in [0.2, 0.25) is 0 Å². The highest BCUT2D eigenvalue weighted by molar-refractivity contribution is 8.05. The van der Waals surface area contributed by atoms with Crippen molar-refractivity contribution < 1.29 is 4.79 Å². The number of allylic oxidation sites excluding steroid dienone is 1. The predicted octanol–water partition coefficient (Wildman–Crippen LogP) is 2.30. The molecular formula is C12H14N2OS. The van der Waals surface area contributed by atoms with Crippen molar-refractivity contribution in [2.75, 3.05) is 4.90 Å². The average Bonchev–Trinajstić information content (AvgIpc) is 2.56. The maximum absolute atomic E-state index is 11.3. The Hall–Kier alpha value is -1.42. The normalized spacial score (nSPS) is 20.4. The lowest BCUT2D eigenvalue weighted by Crippen LogP contribution is -2.24. The van der Waals surface area contributed by atoms with Gasteiger partial charge in [-0.1, -0.05) is 30.0 Å². The molecule has 1 aromatic rings. The lowest BCUT2D eigenvalue weighted by atomic mass is 10.2. The van der Waals surface area contributed by atoms with Crippen LogP contribution in [0.15, 0.2) is 40.9 Å². The highest BCUT2D eigenvalue weighted by Crippen LogP contribution is 2.40. The van der Waals surface area contributed by atoms with Crippen molar-refractivity contribution in [1.82, 2.24) is 0 Å². The number of primary amides is 1. The molecule has 0 fully saturated rings. The standard InChI is InChI=1S/C12H14N2OS/c1-8-11(12(13)15)16-9(2)14(8)10-6-4-3-5-7-10/h3-7,9H,1-2H3,(H2,13,15). The van der Waals surface area contributed by atoms with Crippen LogP contribution in [0, 0.1) is 0 Å². The minimum atomic E-state index is -0.340. The number of rotatable bonds is 2. The van der Waals surface area contributed by atoms with E-state index in [2.05, 4.69) is 11.8 Å². The number of thioether (sulfide) groups is 1. The third-order valence-corrected chi connectivity index (χ3v) is 3.88. The summed E-state index contributed by atoms with van der Waals surface area (Å²) < 4.78 is 0. The van der Waals surface area contributed by atoms with Gasteiger partial charge in [-0.05, 0) is 26.0 Å². The molecule has 0 saturated carbocycles. The van der Waals surface area contributed by atoms with Crippen molar-refractivity contribution in [3.05, 3.63) is 40.9 Å². The van der Waals surface area contributed by atoms with E-state index in [9.17, 15) is 4.79 Å². The summed E-state index contributed by atoms with van der Waals surface area (Å²) in [6, 6.07) is 10.0. The molecule has 0 saturated heterocycles. The number of nitrogens with zero attached hydrogens (tertiary/aromatic N) is 1. The Morgan fingerprint density at radius 1 is 1.38 bits per heavy atom. The third-order valence-electron chi connectivity index (χ3n) is 2.60. The van der Waals surface area contributed by atoms with E-state index in [-0.39, 0.29) is 11.3 Å². The fraction of sp³-hybridized carbons (Fsp3) is 0.250. The Kier molecular flexibility index (Phi) is 2.92. The van der Waals surface area contributed by atoms with E-state index >= 15 is 0 Å². The van der Waals surface area contributed by atoms with Crippen LogP contribution >= 0.6 is 11.8 Å². The Morgan fingerprint density at radius 2 is 2.00 bits per heavy atom. The number of nitrogens with two attached hydrogens (primary N) is 1. The van der Waals surface area contributed by atoms with Gasteiger partial charge in [-0.25, -0.2) is 0 Å². The van der Waals surface area contributed by atoms with E-state index in [1.54, 1.807) is 0 Å². The van der Waals surface area contributed by atoms with E-state index in [0.29, 0.717) is 4.91 Å². The fourth-order valence-corrected chi connectivity index (χ4v) is 3.03. The van der Waals surface area contributed by atoms with Gasteiger partial charge >= 0.3 is 0 Å². The van der Waals surface area contributed by atoms with Crippen LogP contribution in [-0.4, -0.2) is 11.3 Å². The molecule has 84 valence electrons. The lowest BCUT2D eigenvalue weighted by molar-refractivity contribution is -0.113. The molecule has 0 radical (unpaired) electrons. The van der Waals surface area contributed by atoms with Crippen molar-refractivity contribution in [3.8, 4) is 0 Å². The predicted molar refractivity (Wildman–Crippen MR) is 67.9 cm³/mol. The van der Waals surface area contributed by atoms with Gasteiger partial charge in [0, 0.05) is 11.4 Å². The van der Waals surface area contributed by atoms with Gasteiger partial charge in [-0.15, -0.1) is 0 Å². The van der Waals surface area contributed by atoms with Crippen LogP contribution in [0.2, 0.25) is 0 Å². The van der Waals surface area contributed by atoms with Gasteiger partial charge < -0.3 is 10.6 Å². The first kappa shape index (κ1) is 11.1. The van der Waals surface area contributed by atoms with Crippen molar-refractivity contribution >= 4 is 23.4 Å². The third kappa shape index (κ3) is 1.80. The first-order valence-electron chi connectivity index (χ1n) is 5.13. The lowest BCUT2D eigenvalue weighted by Gasteiger charge is -2.24. The summed E-state index contributed by atoms with van der Waals surface area (Å²) in [6.45, 7) is 4.00. The Morgan fingerprint density at radius 3 is 2.50 bits per heavy atom. The SMILES string of the molecule is CC1=C(C(N)=O)SC(C)N1c1ccccc1. The zero-order chi connectivity index (χ0) is 11.7. The van der Waals surface area contributed by atoms with Crippen LogP contribution in [0.25, 0.3) is 0 Å². The largest absolute Gasteiger partial charge is 0.365 e. The van der Waals surface area contributed by atoms with Crippen LogP contribution in [0.5, 0.6) is 0 Å². The summed E-state index contributed by atoms with van der Waals surface area (Å²) in [6.07, 6.45) is 0. The molecule has 3 nitrogen and oxygen atoms in total. The van der Waals surface area contributed by atoms with Crippen LogP contribution in [0.3, 0.4) is 0 Å². The summed E-state index contributed by atoms with van der Waals surface area (Å²) in [7, 11) is 0. The number of hydrogen-bond acceptors (Lipinski definition) is 3. The van der Waals surface area contributed by atoms with Crippen molar-refractivity contribution in [3.63, 3.8) is 0 Å². The molecule has 1 atom stereocenters. The Balaban J connectivity index is 2.39. The van der Waals surface area contributed by atoms with E-state index in [0.717, 1.165) is 11.4 Å². The zero-order valence-corrected chi connectivity index (χ0v) is 10.1. The Bertz CT molecular complexity index is 442. The number of benzene rings is 1. The second-order valence-electron chi connectivity index (χ2n) is 3.70. The average molecular weight is 234 g/mol. The van der Waals surface area contributed by atoms with Gasteiger partial charge in [0.15, 0.2) is 0 Å². The molecule has 1 unspecified atom stereocenters. The summed E-state index contributed by atoms with van der Waals surface area (Å²) >= 11 is 1.52. The summed E-state index contributed by atoms with van der Waals surface area (Å²) in [4.78, 5) is 14.0.